The van der Waals surface area contributed by atoms with Crippen molar-refractivity contribution in [3.05, 3.63) is 29.8 Å². The van der Waals surface area contributed by atoms with E-state index in [-0.39, 0.29) is 42.2 Å². The predicted octanol–water partition coefficient (Wildman–Crippen LogP) is 3.56. The van der Waals surface area contributed by atoms with Crippen LogP contribution < -0.4 is 15.8 Å². The number of methoxy groups -OCH3 is 1. The molecule has 1 aliphatic heterocycles. The first-order valence-electron chi connectivity index (χ1n) is 9.25. The zero-order valence-electron chi connectivity index (χ0n) is 16.9. The molecule has 156 valence electrons. The molecule has 1 amide bonds. The maximum atomic E-state index is 12.5. The normalized spacial score (nSPS) is 17.1. The Kier molecular flexibility index (Phi) is 11.3. The average Bonchev–Trinajstić information content (AvgIpc) is 2.61. The number of nitrogens with one attached hydrogen (secondary N) is 1. The van der Waals surface area contributed by atoms with Crippen LogP contribution in [0.1, 0.15) is 51.6 Å². The van der Waals surface area contributed by atoms with Crippen LogP contribution in [0.3, 0.4) is 0 Å². The molecule has 2 rings (SSSR count). The lowest BCUT2D eigenvalue weighted by Gasteiger charge is -2.36. The van der Waals surface area contributed by atoms with Gasteiger partial charge in [0, 0.05) is 12.1 Å². The molecule has 27 heavy (non-hydrogen) atoms. The summed E-state index contributed by atoms with van der Waals surface area (Å²) in [5.74, 6) is 0.775. The van der Waals surface area contributed by atoms with E-state index in [1.54, 1.807) is 7.11 Å². The van der Waals surface area contributed by atoms with Crippen LogP contribution in [0.15, 0.2) is 24.3 Å². The van der Waals surface area contributed by atoms with Gasteiger partial charge >= 0.3 is 0 Å². The number of likely N-dealkylation sites (tertiary alicyclic amines) is 1. The van der Waals surface area contributed by atoms with Crippen molar-refractivity contribution in [2.75, 3.05) is 26.7 Å². The van der Waals surface area contributed by atoms with Crippen LogP contribution in [-0.2, 0) is 4.79 Å². The predicted molar refractivity (Wildman–Crippen MR) is 116 cm³/mol. The molecule has 0 aromatic heterocycles. The van der Waals surface area contributed by atoms with Crippen molar-refractivity contribution < 1.29 is 9.53 Å². The molecule has 1 aromatic carbocycles. The van der Waals surface area contributed by atoms with Crippen LogP contribution >= 0.6 is 24.8 Å². The summed E-state index contributed by atoms with van der Waals surface area (Å²) in [5, 5.41) is 3.08. The summed E-state index contributed by atoms with van der Waals surface area (Å²) < 4.78 is 5.56. The fourth-order valence-corrected chi connectivity index (χ4v) is 3.31. The van der Waals surface area contributed by atoms with E-state index in [9.17, 15) is 4.79 Å². The molecule has 3 N–H and O–H groups in total. The van der Waals surface area contributed by atoms with Gasteiger partial charge in [0.05, 0.1) is 19.2 Å². The van der Waals surface area contributed by atoms with Gasteiger partial charge in [-0.1, -0.05) is 45.4 Å². The van der Waals surface area contributed by atoms with Crippen molar-refractivity contribution in [1.29, 1.82) is 0 Å². The highest BCUT2D eigenvalue weighted by Gasteiger charge is 2.30. The summed E-state index contributed by atoms with van der Waals surface area (Å²) >= 11 is 0. The number of ether oxygens (including phenoxy) is 1. The van der Waals surface area contributed by atoms with Gasteiger partial charge in [0.15, 0.2) is 0 Å². The fourth-order valence-electron chi connectivity index (χ4n) is 3.31. The molecule has 5 nitrogen and oxygen atoms in total. The third-order valence-electron chi connectivity index (χ3n) is 5.01. The molecular weight excluding hydrogens is 385 g/mol. The van der Waals surface area contributed by atoms with Crippen LogP contribution in [-0.4, -0.2) is 43.6 Å². The van der Waals surface area contributed by atoms with E-state index < -0.39 is 6.04 Å². The largest absolute Gasteiger partial charge is 0.496 e. The molecule has 1 heterocycles. The smallest absolute Gasteiger partial charge is 0.237 e. The molecule has 1 aromatic rings. The second-order valence-corrected chi connectivity index (χ2v) is 7.94. The molecule has 0 spiro atoms. The Hall–Kier alpha value is -1.01. The first-order valence-corrected chi connectivity index (χ1v) is 9.25. The maximum absolute atomic E-state index is 12.5. The Morgan fingerprint density at radius 2 is 1.78 bits per heavy atom. The average molecular weight is 420 g/mol. The van der Waals surface area contributed by atoms with Crippen molar-refractivity contribution in [2.24, 2.45) is 11.1 Å². The van der Waals surface area contributed by atoms with E-state index in [1.165, 1.54) is 19.3 Å². The Morgan fingerprint density at radius 1 is 1.19 bits per heavy atom. The SMILES string of the molecule is COc1ccccc1C(CNC(=O)[C@@H](N)C(C)(C)C)N1CCCCC1.Cl.Cl. The molecular formula is C20H35Cl2N3O2. The molecule has 0 bridgehead atoms. The minimum atomic E-state index is -0.521. The van der Waals surface area contributed by atoms with Crippen molar-refractivity contribution in [2.45, 2.75) is 52.1 Å². The minimum absolute atomic E-state index is 0. The highest BCUT2D eigenvalue weighted by atomic mass is 35.5. The molecule has 7 heteroatoms. The van der Waals surface area contributed by atoms with Crippen molar-refractivity contribution >= 4 is 30.7 Å². The number of benzene rings is 1. The summed E-state index contributed by atoms with van der Waals surface area (Å²) in [5.41, 5.74) is 6.97. The number of piperidine rings is 1. The van der Waals surface area contributed by atoms with Crippen LogP contribution in [0.2, 0.25) is 0 Å². The number of nitrogens with zero attached hydrogens (tertiary/aromatic N) is 1. The molecule has 0 radical (unpaired) electrons. The van der Waals surface area contributed by atoms with E-state index >= 15 is 0 Å². The molecule has 2 atom stereocenters. The van der Waals surface area contributed by atoms with Gasteiger partial charge in [-0.3, -0.25) is 9.69 Å². The first kappa shape index (κ1) is 26.0. The zero-order valence-corrected chi connectivity index (χ0v) is 18.5. The van der Waals surface area contributed by atoms with Crippen molar-refractivity contribution in [1.82, 2.24) is 10.2 Å². The highest BCUT2D eigenvalue weighted by molar-refractivity contribution is 5.85. The first-order chi connectivity index (χ1) is 11.8. The number of carbonyl (C=O) groups excluding carboxylic acids is 1. The zero-order chi connectivity index (χ0) is 18.4. The maximum Gasteiger partial charge on any atom is 0.237 e. The fraction of sp³-hybridized carbons (Fsp3) is 0.650. The van der Waals surface area contributed by atoms with Gasteiger partial charge in [0.1, 0.15) is 5.75 Å². The third kappa shape index (κ3) is 7.15. The lowest BCUT2D eigenvalue weighted by molar-refractivity contribution is -0.124. The number of rotatable bonds is 6. The lowest BCUT2D eigenvalue weighted by atomic mass is 9.87. The molecule has 1 unspecified atom stereocenters. The number of hydrogen-bond donors (Lipinski definition) is 2. The number of halogens is 2. The van der Waals surface area contributed by atoms with Gasteiger partial charge < -0.3 is 15.8 Å². The summed E-state index contributed by atoms with van der Waals surface area (Å²) in [6.45, 7) is 8.59. The van der Waals surface area contributed by atoms with Gasteiger partial charge in [-0.15, -0.1) is 24.8 Å². The Labute approximate surface area is 176 Å². The van der Waals surface area contributed by atoms with Crippen LogP contribution in [0, 0.1) is 5.41 Å². The van der Waals surface area contributed by atoms with Gasteiger partial charge in [-0.2, -0.15) is 0 Å². The number of carbonyl (C=O) groups is 1. The Balaban J connectivity index is 0.00000338. The van der Waals surface area contributed by atoms with Gasteiger partial charge in [0.25, 0.3) is 0 Å². The summed E-state index contributed by atoms with van der Waals surface area (Å²) in [6, 6.07) is 7.66. The number of nitrogens with two attached hydrogens (primary N) is 1. The van der Waals surface area contributed by atoms with E-state index in [1.807, 2.05) is 39.0 Å². The molecule has 1 saturated heterocycles. The monoisotopic (exact) mass is 419 g/mol. The second-order valence-electron chi connectivity index (χ2n) is 7.94. The number of amides is 1. The summed E-state index contributed by atoms with van der Waals surface area (Å²) in [6.07, 6.45) is 3.67. The van der Waals surface area contributed by atoms with Crippen LogP contribution in [0.4, 0.5) is 0 Å². The highest BCUT2D eigenvalue weighted by Crippen LogP contribution is 2.31. The molecule has 1 fully saturated rings. The Morgan fingerprint density at radius 3 is 2.33 bits per heavy atom. The van der Waals surface area contributed by atoms with Crippen LogP contribution in [0.5, 0.6) is 5.75 Å². The summed E-state index contributed by atoms with van der Waals surface area (Å²) in [4.78, 5) is 14.9. The molecule has 0 saturated carbocycles. The standard InChI is InChI=1S/C20H33N3O2.2ClH/c1-20(2,3)18(21)19(24)22-14-16(23-12-8-5-9-13-23)15-10-6-7-11-17(15)25-4;;/h6-7,10-11,16,18H,5,8-9,12-14,21H2,1-4H3,(H,22,24);2*1H/t16?,18-;;/m1../s1. The van der Waals surface area contributed by atoms with Gasteiger partial charge in [0.2, 0.25) is 5.91 Å². The van der Waals surface area contributed by atoms with E-state index in [2.05, 4.69) is 16.3 Å². The lowest BCUT2D eigenvalue weighted by Crippen LogP contribution is -2.50. The molecule has 0 aliphatic carbocycles. The second kappa shape index (κ2) is 11.7. The summed E-state index contributed by atoms with van der Waals surface area (Å²) in [7, 11) is 1.69. The third-order valence-corrected chi connectivity index (χ3v) is 5.01. The van der Waals surface area contributed by atoms with Gasteiger partial charge in [-0.05, 0) is 37.4 Å². The number of hydrogen-bond acceptors (Lipinski definition) is 4. The van der Waals surface area contributed by atoms with E-state index in [0.29, 0.717) is 6.54 Å². The minimum Gasteiger partial charge on any atom is -0.496 e. The number of para-hydroxylation sites is 1. The van der Waals surface area contributed by atoms with Gasteiger partial charge in [-0.25, -0.2) is 0 Å². The van der Waals surface area contributed by atoms with Crippen molar-refractivity contribution in [3.63, 3.8) is 0 Å². The van der Waals surface area contributed by atoms with E-state index in [4.69, 9.17) is 10.5 Å². The van der Waals surface area contributed by atoms with Crippen molar-refractivity contribution in [3.8, 4) is 5.75 Å². The topological polar surface area (TPSA) is 67.6 Å². The Bertz CT molecular complexity index is 573. The quantitative estimate of drug-likeness (QED) is 0.739. The van der Waals surface area contributed by atoms with E-state index in [0.717, 1.165) is 24.4 Å². The van der Waals surface area contributed by atoms with Crippen LogP contribution in [0.25, 0.3) is 0 Å². The molecule has 1 aliphatic rings.